The van der Waals surface area contributed by atoms with E-state index >= 15 is 0 Å². The summed E-state index contributed by atoms with van der Waals surface area (Å²) in [6, 6.07) is 0. The minimum absolute atomic E-state index is 0.174. The van der Waals surface area contributed by atoms with Crippen LogP contribution in [0.2, 0.25) is 0 Å². The summed E-state index contributed by atoms with van der Waals surface area (Å²) >= 11 is 0. The fourth-order valence-electron chi connectivity index (χ4n) is 3.22. The summed E-state index contributed by atoms with van der Waals surface area (Å²) in [5.74, 6) is 0.779. The maximum atomic E-state index is 12.5. The van der Waals surface area contributed by atoms with Gasteiger partial charge >= 0.3 is 0 Å². The molecule has 0 bridgehead atoms. The van der Waals surface area contributed by atoms with E-state index in [9.17, 15) is 4.79 Å². The van der Waals surface area contributed by atoms with Crippen LogP contribution in [0.5, 0.6) is 0 Å². The monoisotopic (exact) mass is 269 g/mol. The van der Waals surface area contributed by atoms with Crippen molar-refractivity contribution >= 4 is 5.91 Å². The smallest absolute Gasteiger partial charge is 0.227 e. The first kappa shape index (κ1) is 16.4. The fraction of sp³-hybridized carbons (Fsp3) is 0.933. The molecule has 0 aromatic carbocycles. The standard InChI is InChI=1S/C15H31N3O/c1-4-7-15(12-16,8-5-2)14(19)17-10-13-6-9-18(3)11-13/h13H,4-12,16H2,1-3H3,(H,17,19). The minimum atomic E-state index is -0.339. The normalized spacial score (nSPS) is 20.7. The number of amides is 1. The third-order valence-electron chi connectivity index (χ3n) is 4.37. The van der Waals surface area contributed by atoms with Crippen molar-refractivity contribution in [3.05, 3.63) is 0 Å². The van der Waals surface area contributed by atoms with Crippen LogP contribution < -0.4 is 11.1 Å². The molecule has 4 nitrogen and oxygen atoms in total. The minimum Gasteiger partial charge on any atom is -0.355 e. The van der Waals surface area contributed by atoms with Gasteiger partial charge in [0, 0.05) is 19.6 Å². The Bertz CT molecular complexity index is 275. The lowest BCUT2D eigenvalue weighted by Crippen LogP contribution is -2.47. The molecule has 112 valence electrons. The zero-order chi connectivity index (χ0) is 14.3. The number of hydrogen-bond acceptors (Lipinski definition) is 3. The van der Waals surface area contributed by atoms with Gasteiger partial charge in [0.25, 0.3) is 0 Å². The van der Waals surface area contributed by atoms with Crippen molar-refractivity contribution in [2.45, 2.75) is 46.0 Å². The molecule has 0 spiro atoms. The first-order valence-corrected chi connectivity index (χ1v) is 7.75. The summed E-state index contributed by atoms with van der Waals surface area (Å²) in [6.45, 7) is 7.76. The zero-order valence-corrected chi connectivity index (χ0v) is 12.9. The van der Waals surface area contributed by atoms with Crippen LogP contribution in [0.4, 0.5) is 0 Å². The number of hydrogen-bond donors (Lipinski definition) is 2. The highest BCUT2D eigenvalue weighted by molar-refractivity contribution is 5.82. The zero-order valence-electron chi connectivity index (χ0n) is 12.9. The molecule has 1 unspecified atom stereocenters. The molecule has 3 N–H and O–H groups in total. The average Bonchev–Trinajstić information content (AvgIpc) is 2.81. The van der Waals surface area contributed by atoms with Crippen LogP contribution in [0, 0.1) is 11.3 Å². The van der Waals surface area contributed by atoms with Crippen LogP contribution >= 0.6 is 0 Å². The van der Waals surface area contributed by atoms with Gasteiger partial charge in [-0.15, -0.1) is 0 Å². The van der Waals surface area contributed by atoms with E-state index in [0.29, 0.717) is 12.5 Å². The Kier molecular flexibility index (Phi) is 6.80. The Morgan fingerprint density at radius 1 is 1.37 bits per heavy atom. The van der Waals surface area contributed by atoms with E-state index in [-0.39, 0.29) is 11.3 Å². The van der Waals surface area contributed by atoms with Crippen molar-refractivity contribution in [3.63, 3.8) is 0 Å². The summed E-state index contributed by atoms with van der Waals surface area (Å²) in [6.07, 6.45) is 5.00. The quantitative estimate of drug-likeness (QED) is 0.703. The third kappa shape index (κ3) is 4.46. The molecule has 1 amide bonds. The highest BCUT2D eigenvalue weighted by atomic mass is 16.2. The molecule has 0 aliphatic carbocycles. The largest absolute Gasteiger partial charge is 0.355 e. The van der Waals surface area contributed by atoms with Crippen molar-refractivity contribution in [1.82, 2.24) is 10.2 Å². The van der Waals surface area contributed by atoms with Crippen LogP contribution in [0.3, 0.4) is 0 Å². The molecular weight excluding hydrogens is 238 g/mol. The van der Waals surface area contributed by atoms with Crippen molar-refractivity contribution in [2.24, 2.45) is 17.1 Å². The highest BCUT2D eigenvalue weighted by Gasteiger charge is 2.35. The molecule has 1 saturated heterocycles. The van der Waals surface area contributed by atoms with E-state index in [1.54, 1.807) is 0 Å². The van der Waals surface area contributed by atoms with Gasteiger partial charge in [-0.2, -0.15) is 0 Å². The molecule has 0 saturated carbocycles. The fourth-order valence-corrected chi connectivity index (χ4v) is 3.22. The molecule has 1 aliphatic heterocycles. The van der Waals surface area contributed by atoms with E-state index in [1.807, 2.05) is 0 Å². The number of carbonyl (C=O) groups is 1. The van der Waals surface area contributed by atoms with Crippen molar-refractivity contribution in [2.75, 3.05) is 33.2 Å². The maximum absolute atomic E-state index is 12.5. The number of nitrogens with one attached hydrogen (secondary N) is 1. The molecule has 1 aliphatic rings. The lowest BCUT2D eigenvalue weighted by Gasteiger charge is -2.31. The van der Waals surface area contributed by atoms with Crippen LogP contribution in [-0.4, -0.2) is 44.0 Å². The average molecular weight is 269 g/mol. The Balaban J connectivity index is 2.51. The van der Waals surface area contributed by atoms with E-state index < -0.39 is 0 Å². The van der Waals surface area contributed by atoms with Crippen LogP contribution in [0.15, 0.2) is 0 Å². The first-order valence-electron chi connectivity index (χ1n) is 7.75. The van der Waals surface area contributed by atoms with E-state index in [0.717, 1.165) is 45.3 Å². The Hall–Kier alpha value is -0.610. The molecule has 1 rings (SSSR count). The number of nitrogens with two attached hydrogens (primary N) is 1. The number of likely N-dealkylation sites (tertiary alicyclic amines) is 1. The Morgan fingerprint density at radius 2 is 2.00 bits per heavy atom. The second kappa shape index (κ2) is 7.85. The molecule has 0 aromatic rings. The second-order valence-corrected chi connectivity index (χ2v) is 6.11. The lowest BCUT2D eigenvalue weighted by molar-refractivity contribution is -0.131. The molecule has 19 heavy (non-hydrogen) atoms. The van der Waals surface area contributed by atoms with Gasteiger partial charge in [-0.25, -0.2) is 0 Å². The van der Waals surface area contributed by atoms with E-state index in [2.05, 4.69) is 31.1 Å². The van der Waals surface area contributed by atoms with Crippen molar-refractivity contribution < 1.29 is 4.79 Å². The number of nitrogens with zero attached hydrogens (tertiary/aromatic N) is 1. The van der Waals surface area contributed by atoms with Crippen molar-refractivity contribution in [1.29, 1.82) is 0 Å². The molecule has 1 atom stereocenters. The second-order valence-electron chi connectivity index (χ2n) is 6.11. The molecular formula is C15H31N3O. The topological polar surface area (TPSA) is 58.4 Å². The highest BCUT2D eigenvalue weighted by Crippen LogP contribution is 2.29. The van der Waals surface area contributed by atoms with Gasteiger partial charge in [-0.1, -0.05) is 26.7 Å². The van der Waals surface area contributed by atoms with Crippen LogP contribution in [0.1, 0.15) is 46.0 Å². The summed E-state index contributed by atoms with van der Waals surface area (Å²) in [5.41, 5.74) is 5.58. The maximum Gasteiger partial charge on any atom is 0.227 e. The van der Waals surface area contributed by atoms with Gasteiger partial charge in [-0.3, -0.25) is 4.79 Å². The van der Waals surface area contributed by atoms with Gasteiger partial charge in [0.1, 0.15) is 0 Å². The molecule has 4 heteroatoms. The molecule has 0 radical (unpaired) electrons. The van der Waals surface area contributed by atoms with Gasteiger partial charge < -0.3 is 16.0 Å². The van der Waals surface area contributed by atoms with Crippen LogP contribution in [-0.2, 0) is 4.79 Å². The Labute approximate surface area is 118 Å². The molecule has 1 fully saturated rings. The van der Waals surface area contributed by atoms with E-state index in [1.165, 1.54) is 6.42 Å². The lowest BCUT2D eigenvalue weighted by atomic mass is 9.78. The summed E-state index contributed by atoms with van der Waals surface area (Å²) in [4.78, 5) is 14.8. The van der Waals surface area contributed by atoms with Gasteiger partial charge in [0.15, 0.2) is 0 Å². The van der Waals surface area contributed by atoms with E-state index in [4.69, 9.17) is 5.73 Å². The summed E-state index contributed by atoms with van der Waals surface area (Å²) in [5, 5.41) is 3.16. The SMILES string of the molecule is CCCC(CN)(CCC)C(=O)NCC1CCN(C)C1. The number of rotatable bonds is 8. The predicted octanol–water partition coefficient (Wildman–Crippen LogP) is 1.60. The predicted molar refractivity (Wildman–Crippen MR) is 79.9 cm³/mol. The molecule has 0 aromatic heterocycles. The first-order chi connectivity index (χ1) is 9.07. The van der Waals surface area contributed by atoms with Crippen molar-refractivity contribution in [3.8, 4) is 0 Å². The van der Waals surface area contributed by atoms with Gasteiger partial charge in [-0.05, 0) is 38.8 Å². The Morgan fingerprint density at radius 3 is 2.42 bits per heavy atom. The van der Waals surface area contributed by atoms with Gasteiger partial charge in [0.05, 0.1) is 5.41 Å². The van der Waals surface area contributed by atoms with Crippen LogP contribution in [0.25, 0.3) is 0 Å². The summed E-state index contributed by atoms with van der Waals surface area (Å²) < 4.78 is 0. The number of carbonyl (C=O) groups excluding carboxylic acids is 1. The third-order valence-corrected chi connectivity index (χ3v) is 4.37. The molecule has 1 heterocycles. The van der Waals surface area contributed by atoms with Gasteiger partial charge in [0.2, 0.25) is 5.91 Å². The summed E-state index contributed by atoms with van der Waals surface area (Å²) in [7, 11) is 2.14.